The van der Waals surface area contributed by atoms with Crippen LogP contribution < -0.4 is 5.32 Å². The summed E-state index contributed by atoms with van der Waals surface area (Å²) < 4.78 is 23.9. The van der Waals surface area contributed by atoms with Gasteiger partial charge in [-0.25, -0.2) is 8.42 Å². The van der Waals surface area contributed by atoms with Gasteiger partial charge in [-0.05, 0) is 48.7 Å². The summed E-state index contributed by atoms with van der Waals surface area (Å²) in [4.78, 5) is 27.7. The molecule has 160 valence electrons. The van der Waals surface area contributed by atoms with Crippen LogP contribution in [0.15, 0.2) is 59.1 Å². The van der Waals surface area contributed by atoms with Crippen molar-refractivity contribution in [3.05, 3.63) is 70.9 Å². The molecule has 1 aliphatic heterocycles. The maximum Gasteiger partial charge on any atom is 0.271 e. The number of nitriles is 1. The Balaban J connectivity index is 2.07. The summed E-state index contributed by atoms with van der Waals surface area (Å²) in [6.07, 6.45) is 1.40. The van der Waals surface area contributed by atoms with E-state index < -0.39 is 21.3 Å². The summed E-state index contributed by atoms with van der Waals surface area (Å²) in [5.41, 5.74) is 0.661. The monoisotopic (exact) mass is 437 g/mol. The van der Waals surface area contributed by atoms with E-state index in [1.807, 2.05) is 36.4 Å². The number of carbonyl (C=O) groups is 2. The maximum atomic E-state index is 13.2. The number of sulfone groups is 1. The molecule has 3 rings (SSSR count). The van der Waals surface area contributed by atoms with Gasteiger partial charge in [0, 0.05) is 19.7 Å². The number of likely N-dealkylation sites (N-methyl/N-ethyl adjacent to an activating group) is 1. The number of rotatable bonds is 4. The van der Waals surface area contributed by atoms with E-state index in [0.29, 0.717) is 12.0 Å². The van der Waals surface area contributed by atoms with Crippen molar-refractivity contribution in [1.29, 1.82) is 5.26 Å². The quantitative estimate of drug-likeness (QED) is 0.739. The zero-order chi connectivity index (χ0) is 23.0. The van der Waals surface area contributed by atoms with Gasteiger partial charge in [0.15, 0.2) is 9.84 Å². The molecule has 0 bridgehead atoms. The Bertz CT molecular complexity index is 1240. The third-order valence-corrected chi connectivity index (χ3v) is 6.81. The second-order valence-electron chi connectivity index (χ2n) is 7.85. The molecule has 8 heteroatoms. The fourth-order valence-corrected chi connectivity index (χ4v) is 4.24. The Kier molecular flexibility index (Phi) is 5.74. The highest BCUT2D eigenvalue weighted by molar-refractivity contribution is 7.90. The Morgan fingerprint density at radius 2 is 1.81 bits per heavy atom. The maximum absolute atomic E-state index is 13.2. The number of amides is 2. The summed E-state index contributed by atoms with van der Waals surface area (Å²) in [6.45, 7) is 3.29. The average molecular weight is 438 g/mol. The number of allylic oxidation sites excluding steroid dienone is 1. The highest BCUT2D eigenvalue weighted by atomic mass is 32.2. The summed E-state index contributed by atoms with van der Waals surface area (Å²) in [6, 6.07) is 15.5. The highest BCUT2D eigenvalue weighted by Gasteiger charge is 2.46. The van der Waals surface area contributed by atoms with Crippen molar-refractivity contribution in [2.75, 3.05) is 13.3 Å². The van der Waals surface area contributed by atoms with Crippen molar-refractivity contribution in [3.63, 3.8) is 0 Å². The smallest absolute Gasteiger partial charge is 0.271 e. The lowest BCUT2D eigenvalue weighted by Gasteiger charge is -2.42. The van der Waals surface area contributed by atoms with Crippen LogP contribution in [0.25, 0.3) is 5.57 Å². The number of nitrogens with zero attached hydrogens (tertiary/aromatic N) is 2. The summed E-state index contributed by atoms with van der Waals surface area (Å²) in [5, 5.41) is 12.2. The molecule has 2 amide bonds. The van der Waals surface area contributed by atoms with Crippen LogP contribution in [-0.2, 0) is 25.8 Å². The van der Waals surface area contributed by atoms with E-state index in [2.05, 4.69) is 5.32 Å². The van der Waals surface area contributed by atoms with E-state index in [0.717, 1.165) is 11.8 Å². The lowest BCUT2D eigenvalue weighted by Crippen LogP contribution is -2.64. The summed E-state index contributed by atoms with van der Waals surface area (Å²) in [5.74, 6) is -0.769. The van der Waals surface area contributed by atoms with Crippen molar-refractivity contribution in [1.82, 2.24) is 10.2 Å². The van der Waals surface area contributed by atoms with Gasteiger partial charge in [-0.1, -0.05) is 30.3 Å². The van der Waals surface area contributed by atoms with E-state index in [1.54, 1.807) is 20.9 Å². The topological polar surface area (TPSA) is 107 Å². The van der Waals surface area contributed by atoms with E-state index >= 15 is 0 Å². The predicted molar refractivity (Wildman–Crippen MR) is 116 cm³/mol. The normalized spacial score (nSPS) is 20.8. The lowest BCUT2D eigenvalue weighted by molar-refractivity contribution is -0.147. The van der Waals surface area contributed by atoms with Crippen molar-refractivity contribution in [2.45, 2.75) is 30.7 Å². The highest BCUT2D eigenvalue weighted by Crippen LogP contribution is 2.31. The molecule has 2 aromatic rings. The molecule has 7 nitrogen and oxygen atoms in total. The number of hydrogen-bond donors (Lipinski definition) is 1. The van der Waals surface area contributed by atoms with Crippen LogP contribution in [0.2, 0.25) is 0 Å². The van der Waals surface area contributed by atoms with Crippen LogP contribution >= 0.6 is 0 Å². The molecule has 0 aromatic heterocycles. The van der Waals surface area contributed by atoms with Crippen molar-refractivity contribution in [2.24, 2.45) is 0 Å². The van der Waals surface area contributed by atoms with E-state index in [9.17, 15) is 23.3 Å². The molecule has 1 atom stereocenters. The largest absolute Gasteiger partial charge is 0.326 e. The van der Waals surface area contributed by atoms with Crippen LogP contribution in [0.4, 0.5) is 0 Å². The zero-order valence-electron chi connectivity index (χ0n) is 17.8. The molecular formula is C23H23N3O4S. The standard InChI is InChI=1S/C23H23N3O4S/c1-15(19-12-18(31(4,29)30)11-10-17(19)14-24)20-21(27)26(3)23(2,22(28)25-20)13-16-8-6-5-7-9-16/h5-12H,13H2,1-4H3,(H,25,28). The van der Waals surface area contributed by atoms with Gasteiger partial charge < -0.3 is 10.2 Å². The van der Waals surface area contributed by atoms with Crippen LogP contribution in [0, 0.1) is 11.3 Å². The van der Waals surface area contributed by atoms with Gasteiger partial charge in [0.25, 0.3) is 11.8 Å². The molecule has 2 aromatic carbocycles. The fourth-order valence-electron chi connectivity index (χ4n) is 3.59. The first-order valence-electron chi connectivity index (χ1n) is 9.58. The third-order valence-electron chi connectivity index (χ3n) is 5.70. The van der Waals surface area contributed by atoms with Crippen molar-refractivity contribution >= 4 is 27.2 Å². The summed E-state index contributed by atoms with van der Waals surface area (Å²) in [7, 11) is -1.95. The Morgan fingerprint density at radius 1 is 1.16 bits per heavy atom. The Labute approximate surface area is 181 Å². The zero-order valence-corrected chi connectivity index (χ0v) is 18.6. The number of carbonyl (C=O) groups excluding carboxylic acids is 2. The number of piperazine rings is 1. The van der Waals surface area contributed by atoms with Gasteiger partial charge in [-0.2, -0.15) is 5.26 Å². The van der Waals surface area contributed by atoms with Crippen LogP contribution in [0.3, 0.4) is 0 Å². The van der Waals surface area contributed by atoms with E-state index in [1.165, 1.54) is 23.1 Å². The molecule has 31 heavy (non-hydrogen) atoms. The van der Waals surface area contributed by atoms with Gasteiger partial charge in [-0.3, -0.25) is 9.59 Å². The van der Waals surface area contributed by atoms with Crippen LogP contribution in [0.5, 0.6) is 0 Å². The molecule has 1 unspecified atom stereocenters. The SMILES string of the molecule is CC(=C1NC(=O)C(C)(Cc2ccccc2)N(C)C1=O)c1cc(S(C)(=O)=O)ccc1C#N. The van der Waals surface area contributed by atoms with Gasteiger partial charge >= 0.3 is 0 Å². The molecule has 1 saturated heterocycles. The molecule has 1 aliphatic rings. The molecule has 0 aliphatic carbocycles. The molecule has 0 saturated carbocycles. The van der Waals surface area contributed by atoms with Crippen LogP contribution in [-0.4, -0.2) is 44.0 Å². The second kappa shape index (κ2) is 8.00. The van der Waals surface area contributed by atoms with Gasteiger partial charge in [0.2, 0.25) is 0 Å². The first kappa shape index (κ1) is 22.2. The predicted octanol–water partition coefficient (Wildman–Crippen LogP) is 2.28. The molecule has 0 spiro atoms. The summed E-state index contributed by atoms with van der Waals surface area (Å²) >= 11 is 0. The first-order valence-corrected chi connectivity index (χ1v) is 11.5. The molecule has 1 heterocycles. The number of nitrogens with one attached hydrogen (secondary N) is 1. The number of benzene rings is 2. The van der Waals surface area contributed by atoms with Gasteiger partial charge in [0.05, 0.1) is 16.5 Å². The Morgan fingerprint density at radius 3 is 2.39 bits per heavy atom. The van der Waals surface area contributed by atoms with E-state index in [4.69, 9.17) is 0 Å². The minimum Gasteiger partial charge on any atom is -0.326 e. The van der Waals surface area contributed by atoms with Gasteiger partial charge in [0.1, 0.15) is 11.2 Å². The lowest BCUT2D eigenvalue weighted by atomic mass is 9.87. The van der Waals surface area contributed by atoms with Crippen molar-refractivity contribution in [3.8, 4) is 6.07 Å². The van der Waals surface area contributed by atoms with Crippen molar-refractivity contribution < 1.29 is 18.0 Å². The average Bonchev–Trinajstić information content (AvgIpc) is 2.74. The minimum absolute atomic E-state index is 0.0262. The molecule has 1 N–H and O–H groups in total. The molecule has 0 radical (unpaired) electrons. The number of hydrogen-bond acceptors (Lipinski definition) is 5. The first-order chi connectivity index (χ1) is 14.5. The molecular weight excluding hydrogens is 414 g/mol. The Hall–Kier alpha value is -3.44. The third kappa shape index (κ3) is 4.09. The molecule has 1 fully saturated rings. The fraction of sp³-hybridized carbons (Fsp3) is 0.261. The second-order valence-corrected chi connectivity index (χ2v) is 9.86. The van der Waals surface area contributed by atoms with Crippen LogP contribution in [0.1, 0.15) is 30.5 Å². The minimum atomic E-state index is -3.52. The van der Waals surface area contributed by atoms with Gasteiger partial charge in [-0.15, -0.1) is 0 Å². The van der Waals surface area contributed by atoms with E-state index in [-0.39, 0.29) is 27.6 Å².